The third kappa shape index (κ3) is 4.44. The van der Waals surface area contributed by atoms with Crippen molar-refractivity contribution in [3.63, 3.8) is 0 Å². The van der Waals surface area contributed by atoms with E-state index in [-0.39, 0.29) is 16.4 Å². The van der Waals surface area contributed by atoms with Gasteiger partial charge in [-0.15, -0.1) is 11.8 Å². The predicted molar refractivity (Wildman–Crippen MR) is 75.6 cm³/mol. The molecule has 20 heavy (non-hydrogen) atoms. The molecule has 1 rings (SSSR count). The van der Waals surface area contributed by atoms with Crippen molar-refractivity contribution in [1.29, 1.82) is 0 Å². The molecule has 2 atom stereocenters. The molecular weight excluding hydrogens is 287 g/mol. The van der Waals surface area contributed by atoms with Crippen LogP contribution in [0, 0.1) is 0 Å². The SMILES string of the molecule is C[C@H](S[C@H](C)c1ccc(C(F)(F)F)cc1)C(=O)N(C)C. The Morgan fingerprint density at radius 3 is 2.05 bits per heavy atom. The summed E-state index contributed by atoms with van der Waals surface area (Å²) in [4.78, 5) is 13.3. The van der Waals surface area contributed by atoms with Crippen LogP contribution in [-0.4, -0.2) is 30.2 Å². The molecule has 6 heteroatoms. The molecule has 0 spiro atoms. The molecule has 0 saturated heterocycles. The number of hydrogen-bond donors (Lipinski definition) is 0. The van der Waals surface area contributed by atoms with E-state index in [1.54, 1.807) is 21.0 Å². The minimum Gasteiger partial charge on any atom is -0.348 e. The van der Waals surface area contributed by atoms with Gasteiger partial charge in [-0.05, 0) is 31.5 Å². The molecule has 112 valence electrons. The smallest absolute Gasteiger partial charge is 0.348 e. The molecule has 0 bridgehead atoms. The number of halogens is 3. The number of rotatable bonds is 4. The molecule has 0 aliphatic heterocycles. The van der Waals surface area contributed by atoms with Gasteiger partial charge in [-0.25, -0.2) is 0 Å². The van der Waals surface area contributed by atoms with Gasteiger partial charge in [0.2, 0.25) is 5.91 Å². The number of thioether (sulfide) groups is 1. The van der Waals surface area contributed by atoms with Crippen molar-refractivity contribution in [2.75, 3.05) is 14.1 Å². The number of alkyl halides is 3. The largest absolute Gasteiger partial charge is 0.416 e. The van der Waals surface area contributed by atoms with Gasteiger partial charge in [-0.3, -0.25) is 4.79 Å². The molecule has 0 radical (unpaired) electrons. The number of amides is 1. The number of benzene rings is 1. The minimum absolute atomic E-state index is 0.00578. The molecule has 0 N–H and O–H groups in total. The normalized spacial score (nSPS) is 14.8. The van der Waals surface area contributed by atoms with Gasteiger partial charge in [-0.1, -0.05) is 12.1 Å². The summed E-state index contributed by atoms with van der Waals surface area (Å²) in [6.45, 7) is 3.68. The van der Waals surface area contributed by atoms with Crippen LogP contribution >= 0.6 is 11.8 Å². The van der Waals surface area contributed by atoms with E-state index < -0.39 is 11.7 Å². The van der Waals surface area contributed by atoms with Crippen LogP contribution in [0.15, 0.2) is 24.3 Å². The second kappa shape index (κ2) is 6.52. The first-order valence-electron chi connectivity index (χ1n) is 6.16. The van der Waals surface area contributed by atoms with Crippen LogP contribution in [-0.2, 0) is 11.0 Å². The van der Waals surface area contributed by atoms with Crippen LogP contribution in [0.25, 0.3) is 0 Å². The van der Waals surface area contributed by atoms with E-state index in [2.05, 4.69) is 0 Å². The molecule has 0 fully saturated rings. The summed E-state index contributed by atoms with van der Waals surface area (Å²) in [5.41, 5.74) is 0.122. The maximum Gasteiger partial charge on any atom is 0.416 e. The van der Waals surface area contributed by atoms with Gasteiger partial charge in [-0.2, -0.15) is 13.2 Å². The van der Waals surface area contributed by atoms with Crippen molar-refractivity contribution in [2.45, 2.75) is 30.5 Å². The number of nitrogens with zero attached hydrogens (tertiary/aromatic N) is 1. The van der Waals surface area contributed by atoms with Gasteiger partial charge < -0.3 is 4.90 Å². The van der Waals surface area contributed by atoms with E-state index in [0.29, 0.717) is 0 Å². The van der Waals surface area contributed by atoms with E-state index in [9.17, 15) is 18.0 Å². The Kier molecular flexibility index (Phi) is 5.50. The fourth-order valence-electron chi connectivity index (χ4n) is 1.75. The third-order valence-electron chi connectivity index (χ3n) is 2.90. The molecule has 0 saturated carbocycles. The monoisotopic (exact) mass is 305 g/mol. The average Bonchev–Trinajstić information content (AvgIpc) is 2.36. The van der Waals surface area contributed by atoms with Crippen LogP contribution in [0.2, 0.25) is 0 Å². The third-order valence-corrected chi connectivity index (χ3v) is 4.19. The van der Waals surface area contributed by atoms with E-state index in [1.165, 1.54) is 28.8 Å². The van der Waals surface area contributed by atoms with Crippen molar-refractivity contribution in [3.05, 3.63) is 35.4 Å². The van der Waals surface area contributed by atoms with Crippen molar-refractivity contribution in [1.82, 2.24) is 4.90 Å². The van der Waals surface area contributed by atoms with Crippen LogP contribution in [0.5, 0.6) is 0 Å². The van der Waals surface area contributed by atoms with E-state index in [4.69, 9.17) is 0 Å². The summed E-state index contributed by atoms with van der Waals surface area (Å²) >= 11 is 1.43. The average molecular weight is 305 g/mol. The summed E-state index contributed by atoms with van der Waals surface area (Å²) in [6, 6.07) is 5.08. The Hall–Kier alpha value is -1.17. The van der Waals surface area contributed by atoms with E-state index in [0.717, 1.165) is 17.7 Å². The molecule has 1 aromatic carbocycles. The maximum absolute atomic E-state index is 12.5. The Bertz CT molecular complexity index is 456. The Morgan fingerprint density at radius 1 is 1.15 bits per heavy atom. The predicted octanol–water partition coefficient (Wildman–Crippen LogP) is 3.98. The summed E-state index contributed by atoms with van der Waals surface area (Å²) < 4.78 is 37.4. The fourth-order valence-corrected chi connectivity index (χ4v) is 3.00. The first kappa shape index (κ1) is 16.9. The zero-order chi connectivity index (χ0) is 15.5. The Balaban J connectivity index is 2.73. The molecule has 0 aliphatic rings. The van der Waals surface area contributed by atoms with Gasteiger partial charge in [0.05, 0.1) is 10.8 Å². The molecule has 0 aromatic heterocycles. The van der Waals surface area contributed by atoms with Crippen molar-refractivity contribution >= 4 is 17.7 Å². The summed E-state index contributed by atoms with van der Waals surface area (Å²) in [7, 11) is 3.37. The highest BCUT2D eigenvalue weighted by Gasteiger charge is 2.30. The van der Waals surface area contributed by atoms with Gasteiger partial charge in [0.25, 0.3) is 0 Å². The highest BCUT2D eigenvalue weighted by molar-refractivity contribution is 8.00. The zero-order valence-electron chi connectivity index (χ0n) is 11.9. The first-order chi connectivity index (χ1) is 9.12. The lowest BCUT2D eigenvalue weighted by atomic mass is 10.1. The maximum atomic E-state index is 12.5. The highest BCUT2D eigenvalue weighted by atomic mass is 32.2. The second-order valence-electron chi connectivity index (χ2n) is 4.77. The van der Waals surface area contributed by atoms with E-state index >= 15 is 0 Å². The molecule has 0 aliphatic carbocycles. The first-order valence-corrected chi connectivity index (χ1v) is 7.11. The summed E-state index contributed by atoms with van der Waals surface area (Å²) in [5.74, 6) is -0.00578. The van der Waals surface area contributed by atoms with Crippen LogP contribution in [0.1, 0.15) is 30.2 Å². The lowest BCUT2D eigenvalue weighted by Crippen LogP contribution is -2.30. The molecule has 2 nitrogen and oxygen atoms in total. The molecule has 1 amide bonds. The lowest BCUT2D eigenvalue weighted by molar-refractivity contribution is -0.137. The van der Waals surface area contributed by atoms with Crippen molar-refractivity contribution < 1.29 is 18.0 Å². The number of hydrogen-bond acceptors (Lipinski definition) is 2. The Morgan fingerprint density at radius 2 is 1.65 bits per heavy atom. The lowest BCUT2D eigenvalue weighted by Gasteiger charge is -2.20. The second-order valence-corrected chi connectivity index (χ2v) is 6.46. The topological polar surface area (TPSA) is 20.3 Å². The fraction of sp³-hybridized carbons (Fsp3) is 0.500. The van der Waals surface area contributed by atoms with Crippen LogP contribution in [0.3, 0.4) is 0 Å². The highest BCUT2D eigenvalue weighted by Crippen LogP contribution is 2.34. The number of carbonyl (C=O) groups is 1. The molecule has 0 heterocycles. The Labute approximate surface area is 121 Å². The van der Waals surface area contributed by atoms with Crippen LogP contribution < -0.4 is 0 Å². The van der Waals surface area contributed by atoms with Gasteiger partial charge in [0.1, 0.15) is 0 Å². The van der Waals surface area contributed by atoms with Gasteiger partial charge in [0, 0.05) is 19.3 Å². The standard InChI is InChI=1S/C14H18F3NOS/c1-9(20-10(2)13(19)18(3)4)11-5-7-12(8-6-11)14(15,16)17/h5-10H,1-4H3/t9-,10+/m1/s1. The van der Waals surface area contributed by atoms with E-state index in [1.807, 2.05) is 6.92 Å². The van der Waals surface area contributed by atoms with Crippen LogP contribution in [0.4, 0.5) is 13.2 Å². The van der Waals surface area contributed by atoms with Crippen molar-refractivity contribution in [3.8, 4) is 0 Å². The van der Waals surface area contributed by atoms with Gasteiger partial charge >= 0.3 is 6.18 Å². The minimum atomic E-state index is -4.32. The van der Waals surface area contributed by atoms with Gasteiger partial charge in [0.15, 0.2) is 0 Å². The molecule has 1 aromatic rings. The van der Waals surface area contributed by atoms with Crippen molar-refractivity contribution in [2.24, 2.45) is 0 Å². The molecular formula is C14H18F3NOS. The molecule has 0 unspecified atom stereocenters. The summed E-state index contributed by atoms with van der Waals surface area (Å²) in [5, 5.41) is -0.279. The summed E-state index contributed by atoms with van der Waals surface area (Å²) in [6.07, 6.45) is -4.32. The quantitative estimate of drug-likeness (QED) is 0.838. The zero-order valence-corrected chi connectivity index (χ0v) is 12.7. The number of carbonyl (C=O) groups excluding carboxylic acids is 1.